The molecule has 0 radical (unpaired) electrons. The topological polar surface area (TPSA) is 23.5 Å². The Morgan fingerprint density at radius 2 is 1.84 bits per heavy atom. The van der Waals surface area contributed by atoms with Gasteiger partial charge in [0.2, 0.25) is 0 Å². The lowest BCUT2D eigenvalue weighted by Gasteiger charge is -2.50. The molecule has 1 aromatic rings. The summed E-state index contributed by atoms with van der Waals surface area (Å²) in [6.07, 6.45) is 4.31. The molecule has 4 heteroatoms. The lowest BCUT2D eigenvalue weighted by molar-refractivity contribution is -0.0891. The number of aliphatic hydroxyl groups is 1. The summed E-state index contributed by atoms with van der Waals surface area (Å²) in [4.78, 5) is 2.30. The molecule has 2 heterocycles. The zero-order valence-corrected chi connectivity index (χ0v) is 11.1. The molecular formula is C15H19F2NO. The third-order valence-corrected chi connectivity index (χ3v) is 4.81. The second kappa shape index (κ2) is 4.53. The average Bonchev–Trinajstić information content (AvgIpc) is 2.31. The lowest BCUT2D eigenvalue weighted by Crippen LogP contribution is -2.55. The smallest absolute Gasteiger partial charge is 0.132 e. The van der Waals surface area contributed by atoms with E-state index in [0.717, 1.165) is 18.9 Å². The zero-order chi connectivity index (χ0) is 13.6. The average molecular weight is 267 g/mol. The lowest BCUT2D eigenvalue weighted by atomic mass is 9.72. The molecule has 0 aliphatic carbocycles. The summed E-state index contributed by atoms with van der Waals surface area (Å²) >= 11 is 0. The highest BCUT2D eigenvalue weighted by Gasteiger charge is 2.45. The van der Waals surface area contributed by atoms with Crippen LogP contribution >= 0.6 is 0 Å². The van der Waals surface area contributed by atoms with Crippen molar-refractivity contribution in [2.75, 3.05) is 7.05 Å². The van der Waals surface area contributed by atoms with Crippen LogP contribution < -0.4 is 0 Å². The first kappa shape index (κ1) is 13.0. The molecule has 1 N–H and O–H groups in total. The maximum absolute atomic E-state index is 13.9. The van der Waals surface area contributed by atoms with Crippen molar-refractivity contribution in [1.82, 2.24) is 4.90 Å². The SMILES string of the molecule is CN1C2CCCC1CC(O)(c1ccc(F)cc1F)C2. The summed E-state index contributed by atoms with van der Waals surface area (Å²) in [7, 11) is 2.08. The summed E-state index contributed by atoms with van der Waals surface area (Å²) in [6.45, 7) is 0. The summed E-state index contributed by atoms with van der Waals surface area (Å²) in [5, 5.41) is 10.8. The largest absolute Gasteiger partial charge is 0.385 e. The first-order valence-electron chi connectivity index (χ1n) is 6.89. The van der Waals surface area contributed by atoms with Crippen LogP contribution in [0.2, 0.25) is 0 Å². The van der Waals surface area contributed by atoms with Crippen LogP contribution in [0, 0.1) is 11.6 Å². The first-order valence-corrected chi connectivity index (χ1v) is 6.89. The maximum Gasteiger partial charge on any atom is 0.132 e. The fourth-order valence-corrected chi connectivity index (χ4v) is 3.74. The Balaban J connectivity index is 1.95. The van der Waals surface area contributed by atoms with Crippen molar-refractivity contribution in [1.29, 1.82) is 0 Å². The number of hydrogen-bond acceptors (Lipinski definition) is 2. The molecule has 2 saturated heterocycles. The predicted molar refractivity (Wildman–Crippen MR) is 68.7 cm³/mol. The van der Waals surface area contributed by atoms with E-state index < -0.39 is 17.2 Å². The van der Waals surface area contributed by atoms with Gasteiger partial charge in [-0.05, 0) is 38.8 Å². The number of halogens is 2. The van der Waals surface area contributed by atoms with Gasteiger partial charge in [0.05, 0.1) is 5.60 Å². The normalized spacial score (nSPS) is 35.4. The summed E-state index contributed by atoms with van der Waals surface area (Å²) < 4.78 is 26.9. The Labute approximate surface area is 112 Å². The molecule has 19 heavy (non-hydrogen) atoms. The number of hydrogen-bond donors (Lipinski definition) is 1. The number of fused-ring (bicyclic) bond motifs is 2. The predicted octanol–water partition coefficient (Wildman–Crippen LogP) is 2.80. The van der Waals surface area contributed by atoms with Crippen LogP contribution in [0.15, 0.2) is 18.2 Å². The molecule has 0 aromatic heterocycles. The van der Waals surface area contributed by atoms with Gasteiger partial charge in [0.25, 0.3) is 0 Å². The van der Waals surface area contributed by atoms with Gasteiger partial charge >= 0.3 is 0 Å². The monoisotopic (exact) mass is 267 g/mol. The van der Waals surface area contributed by atoms with Crippen molar-refractivity contribution < 1.29 is 13.9 Å². The molecule has 2 nitrogen and oxygen atoms in total. The molecule has 3 rings (SSSR count). The van der Waals surface area contributed by atoms with E-state index in [1.165, 1.54) is 18.6 Å². The van der Waals surface area contributed by atoms with Crippen LogP contribution in [0.25, 0.3) is 0 Å². The van der Waals surface area contributed by atoms with Crippen molar-refractivity contribution in [2.24, 2.45) is 0 Å². The summed E-state index contributed by atoms with van der Waals surface area (Å²) in [5.74, 6) is -1.23. The highest BCUT2D eigenvalue weighted by molar-refractivity contribution is 5.27. The molecule has 2 aliphatic rings. The van der Waals surface area contributed by atoms with Crippen molar-refractivity contribution >= 4 is 0 Å². The van der Waals surface area contributed by atoms with Gasteiger partial charge in [-0.25, -0.2) is 8.78 Å². The number of piperidine rings is 2. The molecule has 2 fully saturated rings. The van der Waals surface area contributed by atoms with Crippen LogP contribution in [-0.2, 0) is 5.60 Å². The van der Waals surface area contributed by atoms with E-state index in [9.17, 15) is 13.9 Å². The molecule has 104 valence electrons. The first-order chi connectivity index (χ1) is 8.99. The van der Waals surface area contributed by atoms with Crippen LogP contribution in [0.3, 0.4) is 0 Å². The minimum atomic E-state index is -1.15. The number of benzene rings is 1. The molecule has 2 aliphatic heterocycles. The Morgan fingerprint density at radius 1 is 1.21 bits per heavy atom. The van der Waals surface area contributed by atoms with E-state index in [1.54, 1.807) is 0 Å². The minimum absolute atomic E-state index is 0.249. The van der Waals surface area contributed by atoms with Crippen LogP contribution in [0.4, 0.5) is 8.78 Å². The van der Waals surface area contributed by atoms with E-state index in [0.29, 0.717) is 24.9 Å². The molecule has 0 spiro atoms. The standard InChI is InChI=1S/C15H19F2NO/c1-18-11-3-2-4-12(18)9-15(19,8-11)13-6-5-10(16)7-14(13)17/h5-7,11-12,19H,2-4,8-9H2,1H3. The Kier molecular flexibility index (Phi) is 3.10. The molecule has 2 bridgehead atoms. The number of nitrogens with zero attached hydrogens (tertiary/aromatic N) is 1. The zero-order valence-electron chi connectivity index (χ0n) is 11.1. The van der Waals surface area contributed by atoms with Gasteiger partial charge in [-0.1, -0.05) is 12.5 Å². The van der Waals surface area contributed by atoms with Crippen molar-refractivity contribution in [3.63, 3.8) is 0 Å². The van der Waals surface area contributed by atoms with Crippen molar-refractivity contribution in [3.05, 3.63) is 35.4 Å². The van der Waals surface area contributed by atoms with Crippen molar-refractivity contribution in [2.45, 2.75) is 49.8 Å². The molecular weight excluding hydrogens is 248 g/mol. The second-order valence-electron chi connectivity index (χ2n) is 5.97. The summed E-state index contributed by atoms with van der Waals surface area (Å²) in [5.41, 5.74) is -0.904. The third-order valence-electron chi connectivity index (χ3n) is 4.81. The fourth-order valence-electron chi connectivity index (χ4n) is 3.74. The van der Waals surface area contributed by atoms with E-state index in [1.807, 2.05) is 0 Å². The molecule has 0 amide bonds. The summed E-state index contributed by atoms with van der Waals surface area (Å²) in [6, 6.07) is 4.07. The van der Waals surface area contributed by atoms with Gasteiger partial charge in [0.15, 0.2) is 0 Å². The Hall–Kier alpha value is -1.00. The second-order valence-corrected chi connectivity index (χ2v) is 5.97. The maximum atomic E-state index is 13.9. The van der Waals surface area contributed by atoms with Gasteiger partial charge in [-0.3, -0.25) is 0 Å². The highest BCUT2D eigenvalue weighted by Crippen LogP contribution is 2.44. The van der Waals surface area contributed by atoms with E-state index in [-0.39, 0.29) is 5.56 Å². The minimum Gasteiger partial charge on any atom is -0.385 e. The van der Waals surface area contributed by atoms with Crippen LogP contribution in [0.5, 0.6) is 0 Å². The fraction of sp³-hybridized carbons (Fsp3) is 0.600. The van der Waals surface area contributed by atoms with Gasteiger partial charge in [-0.15, -0.1) is 0 Å². The van der Waals surface area contributed by atoms with Gasteiger partial charge in [-0.2, -0.15) is 0 Å². The van der Waals surface area contributed by atoms with Crippen LogP contribution in [-0.4, -0.2) is 29.1 Å². The van der Waals surface area contributed by atoms with E-state index in [4.69, 9.17) is 0 Å². The highest BCUT2D eigenvalue weighted by atomic mass is 19.1. The molecule has 2 atom stereocenters. The van der Waals surface area contributed by atoms with Gasteiger partial charge in [0.1, 0.15) is 11.6 Å². The molecule has 0 saturated carbocycles. The molecule has 2 unspecified atom stereocenters. The molecule has 1 aromatic carbocycles. The van der Waals surface area contributed by atoms with Crippen LogP contribution in [0.1, 0.15) is 37.7 Å². The Morgan fingerprint density at radius 3 is 2.42 bits per heavy atom. The van der Waals surface area contributed by atoms with Gasteiger partial charge in [0, 0.05) is 23.7 Å². The Bertz CT molecular complexity index is 477. The van der Waals surface area contributed by atoms with Gasteiger partial charge < -0.3 is 10.0 Å². The quantitative estimate of drug-likeness (QED) is 0.845. The van der Waals surface area contributed by atoms with E-state index >= 15 is 0 Å². The van der Waals surface area contributed by atoms with E-state index in [2.05, 4.69) is 11.9 Å². The number of rotatable bonds is 1. The van der Waals surface area contributed by atoms with Crippen molar-refractivity contribution in [3.8, 4) is 0 Å². The third kappa shape index (κ3) is 2.17.